The maximum atomic E-state index is 10.7. The molecule has 144 valence electrons. The van der Waals surface area contributed by atoms with E-state index in [2.05, 4.69) is 13.6 Å². The fourth-order valence-electron chi connectivity index (χ4n) is 1.98. The smallest absolute Gasteiger partial charge is 0.121 e. The first-order valence-electron chi connectivity index (χ1n) is 5.67. The normalized spacial score (nSPS) is 35.9. The fourth-order valence-corrected chi connectivity index (χ4v) is 3.60. The Kier molecular flexibility index (Phi) is 6.90. The molecule has 0 amide bonds. The molecule has 0 bridgehead atoms. The second-order valence-electron chi connectivity index (χ2n) is 4.52. The Hall–Kier alpha value is 0.210. The second-order valence-corrected chi connectivity index (χ2v) is 7.84. The first kappa shape index (κ1) is 22.3. The molecule has 0 heterocycles. The summed E-state index contributed by atoms with van der Waals surface area (Å²) in [4.78, 5) is 63.9. The molecule has 0 aromatic heterocycles. The Labute approximate surface area is 133 Å². The topological polar surface area (TPSA) is 278 Å². The summed E-state index contributed by atoms with van der Waals surface area (Å²) in [6.45, 7) is 0. The van der Waals surface area contributed by atoms with Crippen molar-refractivity contribution in [3.63, 3.8) is 0 Å². The van der Waals surface area contributed by atoms with Gasteiger partial charge in [0.2, 0.25) is 0 Å². The summed E-state index contributed by atoms with van der Waals surface area (Å²) in [7, 11) is -18.1. The van der Waals surface area contributed by atoms with E-state index in [1.165, 1.54) is 0 Å². The van der Waals surface area contributed by atoms with E-state index < -0.39 is 60.1 Å². The van der Waals surface area contributed by atoms with Crippen molar-refractivity contribution in [1.82, 2.24) is 0 Å². The molecule has 1 aliphatic rings. The monoisotopic (exact) mass is 414 g/mol. The van der Waals surface area contributed by atoms with E-state index in [9.17, 15) is 58.4 Å². The number of hydrogen-bond donors (Lipinski definition) is 3. The molecule has 18 heteroatoms. The largest absolute Gasteiger partial charge is 0.790 e. The van der Waals surface area contributed by atoms with Crippen molar-refractivity contribution in [2.45, 2.75) is 36.6 Å². The van der Waals surface area contributed by atoms with Gasteiger partial charge >= 0.3 is 0 Å². The molecule has 0 spiro atoms. The van der Waals surface area contributed by atoms with E-state index in [4.69, 9.17) is 0 Å². The molecule has 0 saturated heterocycles. The summed E-state index contributed by atoms with van der Waals surface area (Å²) in [6, 6.07) is 0. The maximum absolute atomic E-state index is 10.7. The summed E-state index contributed by atoms with van der Waals surface area (Å²) >= 11 is 0. The zero-order chi connectivity index (χ0) is 19.1. The van der Waals surface area contributed by atoms with Crippen molar-refractivity contribution in [2.24, 2.45) is 0 Å². The molecule has 6 atom stereocenters. The summed E-state index contributed by atoms with van der Waals surface area (Å²) < 4.78 is 43.2. The van der Waals surface area contributed by atoms with Gasteiger partial charge in [0.25, 0.3) is 0 Å². The van der Waals surface area contributed by atoms with Crippen LogP contribution >= 0.6 is 23.5 Å². The van der Waals surface area contributed by atoms with E-state index in [1.54, 1.807) is 0 Å². The van der Waals surface area contributed by atoms with Crippen LogP contribution < -0.4 is 29.4 Å². The third-order valence-corrected chi connectivity index (χ3v) is 4.28. The average molecular weight is 414 g/mol. The Morgan fingerprint density at radius 2 is 0.792 bits per heavy atom. The van der Waals surface area contributed by atoms with Gasteiger partial charge < -0.3 is 71.9 Å². The molecule has 24 heavy (non-hydrogen) atoms. The summed E-state index contributed by atoms with van der Waals surface area (Å²) in [5.41, 5.74) is 0. The maximum Gasteiger partial charge on any atom is 0.121 e. The van der Waals surface area contributed by atoms with Crippen LogP contribution in [0.1, 0.15) is 0 Å². The third kappa shape index (κ3) is 6.50. The Morgan fingerprint density at radius 3 is 1.04 bits per heavy atom. The van der Waals surface area contributed by atoms with E-state index in [0.717, 1.165) is 0 Å². The molecular weight excluding hydrogens is 405 g/mol. The minimum atomic E-state index is -6.06. The minimum absolute atomic E-state index is 2.46. The van der Waals surface area contributed by atoms with Crippen molar-refractivity contribution in [1.29, 1.82) is 0 Å². The van der Waals surface area contributed by atoms with Crippen LogP contribution in [0, 0.1) is 0 Å². The highest BCUT2D eigenvalue weighted by molar-refractivity contribution is 7.43. The molecule has 1 rings (SSSR count). The highest BCUT2D eigenvalue weighted by atomic mass is 31.2. The lowest BCUT2D eigenvalue weighted by Crippen LogP contribution is -2.66. The highest BCUT2D eigenvalue weighted by Crippen LogP contribution is 2.44. The molecule has 1 fully saturated rings. The number of aliphatic hydroxyl groups excluding tert-OH is 3. The second kappa shape index (κ2) is 7.45. The summed E-state index contributed by atoms with van der Waals surface area (Å²) in [5.74, 6) is 0. The molecule has 1 aliphatic carbocycles. The zero-order valence-corrected chi connectivity index (χ0v) is 13.7. The average Bonchev–Trinajstić information content (AvgIpc) is 2.32. The third-order valence-electron chi connectivity index (χ3n) is 2.77. The van der Waals surface area contributed by atoms with Crippen LogP contribution in [-0.2, 0) is 27.3 Å². The fraction of sp³-hybridized carbons (Fsp3) is 1.00. The summed E-state index contributed by atoms with van der Waals surface area (Å²) in [5, 5.41) is 28.6. The van der Waals surface area contributed by atoms with Crippen molar-refractivity contribution in [3.8, 4) is 0 Å². The molecule has 3 N–H and O–H groups in total. The Bertz CT molecular complexity index is 536. The molecule has 0 aliphatic heterocycles. The first-order valence-corrected chi connectivity index (χ1v) is 10.1. The van der Waals surface area contributed by atoms with Crippen LogP contribution in [-0.4, -0.2) is 51.9 Å². The van der Waals surface area contributed by atoms with Gasteiger partial charge in [0.15, 0.2) is 0 Å². The van der Waals surface area contributed by atoms with Crippen molar-refractivity contribution in [3.05, 3.63) is 0 Å². The van der Waals surface area contributed by atoms with Crippen LogP contribution in [0.3, 0.4) is 0 Å². The van der Waals surface area contributed by atoms with Gasteiger partial charge in [0.1, 0.15) is 36.6 Å². The van der Waals surface area contributed by atoms with E-state index in [0.29, 0.717) is 0 Å². The number of rotatable bonds is 6. The van der Waals surface area contributed by atoms with Crippen molar-refractivity contribution >= 4 is 23.5 Å². The van der Waals surface area contributed by atoms with E-state index in [1.807, 2.05) is 0 Å². The lowest BCUT2D eigenvalue weighted by Gasteiger charge is -2.51. The standard InChI is InChI=1S/C6H15O15P3/c7-1-2(8)4(19-22(10,11)12)6(21-24(16,17)18)5(3(1)9)20-23(13,14)15/h1-9H,(H2,10,11,12)(H2,13,14,15)(H2,16,17,18)/p-6/t1?,2-,3+,4-,5-,6?/m1/s1. The van der Waals surface area contributed by atoms with Crippen LogP contribution in [0.25, 0.3) is 0 Å². The molecule has 0 radical (unpaired) electrons. The lowest BCUT2D eigenvalue weighted by molar-refractivity contribution is -0.373. The van der Waals surface area contributed by atoms with Crippen molar-refractivity contribution < 1.29 is 71.9 Å². The number of phosphoric acid groups is 3. The van der Waals surface area contributed by atoms with Gasteiger partial charge in [0, 0.05) is 0 Å². The predicted molar refractivity (Wildman–Crippen MR) is 55.5 cm³/mol. The van der Waals surface area contributed by atoms with Gasteiger partial charge in [-0.1, -0.05) is 0 Å². The van der Waals surface area contributed by atoms with Gasteiger partial charge in [-0.05, 0) is 0 Å². The van der Waals surface area contributed by atoms with Gasteiger partial charge in [-0.3, -0.25) is 0 Å². The van der Waals surface area contributed by atoms with Crippen molar-refractivity contribution in [2.75, 3.05) is 0 Å². The first-order chi connectivity index (χ1) is 10.5. The number of phosphoric ester groups is 3. The molecule has 15 nitrogen and oxygen atoms in total. The van der Waals surface area contributed by atoms with E-state index in [-0.39, 0.29) is 0 Å². The zero-order valence-electron chi connectivity index (χ0n) is 11.0. The Morgan fingerprint density at radius 1 is 0.542 bits per heavy atom. The van der Waals surface area contributed by atoms with Crippen LogP contribution in [0.5, 0.6) is 0 Å². The van der Waals surface area contributed by atoms with E-state index >= 15 is 0 Å². The molecular formula is C6H9O15P3-6. The van der Waals surface area contributed by atoms with Crippen LogP contribution in [0.2, 0.25) is 0 Å². The molecule has 0 aromatic rings. The Balaban J connectivity index is 3.32. The van der Waals surface area contributed by atoms with Gasteiger partial charge in [-0.2, -0.15) is 0 Å². The molecule has 1 saturated carbocycles. The minimum Gasteiger partial charge on any atom is -0.790 e. The molecule has 0 aromatic carbocycles. The highest BCUT2D eigenvalue weighted by Gasteiger charge is 2.52. The molecule has 2 unspecified atom stereocenters. The van der Waals surface area contributed by atoms with Crippen LogP contribution in [0.4, 0.5) is 0 Å². The lowest BCUT2D eigenvalue weighted by atomic mass is 9.85. The van der Waals surface area contributed by atoms with Gasteiger partial charge in [-0.25, -0.2) is 0 Å². The predicted octanol–water partition coefficient (Wildman–Crippen LogP) is -7.28. The number of hydrogen-bond acceptors (Lipinski definition) is 15. The van der Waals surface area contributed by atoms with Gasteiger partial charge in [0.05, 0.1) is 23.5 Å². The quantitative estimate of drug-likeness (QED) is 0.340. The van der Waals surface area contributed by atoms with Crippen LogP contribution in [0.15, 0.2) is 0 Å². The number of aliphatic hydroxyl groups is 3. The van der Waals surface area contributed by atoms with Gasteiger partial charge in [-0.15, -0.1) is 0 Å². The SMILES string of the molecule is O=P([O-])([O-])OC1[C@H](OP(=O)([O-])[O-])[C@H](O)C(O)[C@H](O)[C@H]1OP(=O)([O-])[O-]. The summed E-state index contributed by atoms with van der Waals surface area (Å²) in [6.07, 6.45) is -15.7.